The number of carbonyl (C=O) groups excluding carboxylic acids is 2. The van der Waals surface area contributed by atoms with Crippen molar-refractivity contribution in [2.45, 2.75) is 50.5 Å². The van der Waals surface area contributed by atoms with Crippen molar-refractivity contribution in [1.29, 1.82) is 0 Å². The molecule has 0 saturated carbocycles. The summed E-state index contributed by atoms with van der Waals surface area (Å²) in [6, 6.07) is 14.7. The van der Waals surface area contributed by atoms with Gasteiger partial charge in [0.1, 0.15) is 0 Å². The zero-order chi connectivity index (χ0) is 23.4. The van der Waals surface area contributed by atoms with Gasteiger partial charge >= 0.3 is 0 Å². The zero-order valence-electron chi connectivity index (χ0n) is 19.0. The topological polar surface area (TPSA) is 86.8 Å². The zero-order valence-corrected chi connectivity index (χ0v) is 19.8. The second-order valence-electron chi connectivity index (χ2n) is 8.76. The van der Waals surface area contributed by atoms with Crippen LogP contribution in [0.5, 0.6) is 0 Å². The summed E-state index contributed by atoms with van der Waals surface area (Å²) < 4.78 is 28.3. The van der Waals surface area contributed by atoms with Gasteiger partial charge in [-0.15, -0.1) is 0 Å². The Morgan fingerprint density at radius 2 is 1.91 bits per heavy atom. The first-order valence-corrected chi connectivity index (χ1v) is 13.1. The molecule has 0 unspecified atom stereocenters. The van der Waals surface area contributed by atoms with Crippen LogP contribution in [0.2, 0.25) is 0 Å². The molecule has 2 amide bonds. The van der Waals surface area contributed by atoms with Crippen molar-refractivity contribution >= 4 is 27.5 Å². The lowest BCUT2D eigenvalue weighted by molar-refractivity contribution is -0.137. The molecular weight excluding hydrogens is 438 g/mol. The molecule has 2 aromatic rings. The first-order valence-electron chi connectivity index (χ1n) is 11.6. The molecule has 0 bridgehead atoms. The summed E-state index contributed by atoms with van der Waals surface area (Å²) in [5.41, 5.74) is 2.58. The quantitative estimate of drug-likeness (QED) is 0.702. The second-order valence-corrected chi connectivity index (χ2v) is 10.7. The number of benzene rings is 2. The van der Waals surface area contributed by atoms with Crippen molar-refractivity contribution in [2.24, 2.45) is 5.92 Å². The van der Waals surface area contributed by atoms with Gasteiger partial charge in [0.15, 0.2) is 0 Å². The SMILES string of the molecule is CCN(Cc1ccccc1)C(=O)[C@H]1CCCN(S(=O)(=O)c2ccc3c(c2)CCCC(=O)N3)C1. The van der Waals surface area contributed by atoms with Crippen molar-refractivity contribution in [3.05, 3.63) is 59.7 Å². The standard InChI is InChI=1S/C25H31N3O4S/c1-2-27(17-19-8-4-3-5-9-19)25(30)21-11-7-15-28(18-21)33(31,32)22-13-14-23-20(16-22)10-6-12-24(29)26-23/h3-5,8-9,13-14,16,21H,2,6-7,10-12,15,17-18H2,1H3,(H,26,29)/t21-/m0/s1. The Labute approximate surface area is 195 Å². The third-order valence-electron chi connectivity index (χ3n) is 6.48. The van der Waals surface area contributed by atoms with Gasteiger partial charge in [0.2, 0.25) is 21.8 Å². The highest BCUT2D eigenvalue weighted by Crippen LogP contribution is 2.29. The van der Waals surface area contributed by atoms with Crippen LogP contribution in [0.3, 0.4) is 0 Å². The van der Waals surface area contributed by atoms with E-state index in [1.807, 2.05) is 37.3 Å². The van der Waals surface area contributed by atoms with E-state index in [1.165, 1.54) is 4.31 Å². The van der Waals surface area contributed by atoms with Gasteiger partial charge in [-0.2, -0.15) is 4.31 Å². The minimum Gasteiger partial charge on any atom is -0.338 e. The molecule has 33 heavy (non-hydrogen) atoms. The Hall–Kier alpha value is -2.71. The van der Waals surface area contributed by atoms with Crippen LogP contribution < -0.4 is 5.32 Å². The largest absolute Gasteiger partial charge is 0.338 e. The number of nitrogens with zero attached hydrogens (tertiary/aromatic N) is 2. The molecule has 1 saturated heterocycles. The van der Waals surface area contributed by atoms with Crippen molar-refractivity contribution in [3.63, 3.8) is 0 Å². The molecule has 1 atom stereocenters. The number of fused-ring (bicyclic) bond motifs is 1. The highest BCUT2D eigenvalue weighted by molar-refractivity contribution is 7.89. The van der Waals surface area contributed by atoms with Crippen LogP contribution in [0.15, 0.2) is 53.4 Å². The molecule has 0 aromatic heterocycles. The van der Waals surface area contributed by atoms with Crippen molar-refractivity contribution < 1.29 is 18.0 Å². The number of piperidine rings is 1. The Morgan fingerprint density at radius 3 is 2.67 bits per heavy atom. The van der Waals surface area contributed by atoms with Gasteiger partial charge < -0.3 is 10.2 Å². The molecule has 2 aliphatic heterocycles. The molecule has 0 radical (unpaired) electrons. The van der Waals surface area contributed by atoms with E-state index in [0.717, 1.165) is 11.1 Å². The number of hydrogen-bond acceptors (Lipinski definition) is 4. The van der Waals surface area contributed by atoms with Crippen molar-refractivity contribution in [3.8, 4) is 0 Å². The van der Waals surface area contributed by atoms with Crippen LogP contribution in [0.4, 0.5) is 5.69 Å². The monoisotopic (exact) mass is 469 g/mol. The van der Waals surface area contributed by atoms with E-state index < -0.39 is 10.0 Å². The fourth-order valence-corrected chi connectivity index (χ4v) is 6.21. The second kappa shape index (κ2) is 10.1. The number of amides is 2. The molecule has 7 nitrogen and oxygen atoms in total. The Balaban J connectivity index is 1.50. The minimum atomic E-state index is -3.73. The Kier molecular flexibility index (Phi) is 7.14. The van der Waals surface area contributed by atoms with Gasteiger partial charge in [0.05, 0.1) is 10.8 Å². The first-order chi connectivity index (χ1) is 15.9. The van der Waals surface area contributed by atoms with E-state index in [0.29, 0.717) is 57.4 Å². The maximum Gasteiger partial charge on any atom is 0.243 e. The molecule has 0 aliphatic carbocycles. The van der Waals surface area contributed by atoms with Gasteiger partial charge in [-0.3, -0.25) is 9.59 Å². The number of anilines is 1. The highest BCUT2D eigenvalue weighted by Gasteiger charge is 2.35. The molecule has 2 heterocycles. The summed E-state index contributed by atoms with van der Waals surface area (Å²) in [6.07, 6.45) is 3.12. The van der Waals surface area contributed by atoms with Crippen molar-refractivity contribution in [1.82, 2.24) is 9.21 Å². The van der Waals surface area contributed by atoms with Crippen LogP contribution >= 0.6 is 0 Å². The van der Waals surface area contributed by atoms with Crippen LogP contribution in [0.25, 0.3) is 0 Å². The molecule has 1 N–H and O–H groups in total. The number of carbonyl (C=O) groups is 2. The smallest absolute Gasteiger partial charge is 0.243 e. The predicted molar refractivity (Wildman–Crippen MR) is 127 cm³/mol. The number of rotatable bonds is 6. The van der Waals surface area contributed by atoms with Gasteiger partial charge in [-0.25, -0.2) is 8.42 Å². The highest BCUT2D eigenvalue weighted by atomic mass is 32.2. The van der Waals surface area contributed by atoms with E-state index in [1.54, 1.807) is 23.1 Å². The molecule has 0 spiro atoms. The lowest BCUT2D eigenvalue weighted by Crippen LogP contribution is -2.46. The average molecular weight is 470 g/mol. The number of sulfonamides is 1. The number of hydrogen-bond donors (Lipinski definition) is 1. The predicted octanol–water partition coefficient (Wildman–Crippen LogP) is 3.41. The fourth-order valence-electron chi connectivity index (χ4n) is 4.63. The Morgan fingerprint density at radius 1 is 1.12 bits per heavy atom. The molecule has 176 valence electrons. The molecule has 8 heteroatoms. The van der Waals surface area contributed by atoms with E-state index in [-0.39, 0.29) is 29.2 Å². The van der Waals surface area contributed by atoms with E-state index in [9.17, 15) is 18.0 Å². The summed E-state index contributed by atoms with van der Waals surface area (Å²) in [5.74, 6) is -0.388. The lowest BCUT2D eigenvalue weighted by Gasteiger charge is -2.34. The van der Waals surface area contributed by atoms with E-state index in [4.69, 9.17) is 0 Å². The maximum absolute atomic E-state index is 13.4. The van der Waals surface area contributed by atoms with Gasteiger partial charge in [0.25, 0.3) is 0 Å². The third kappa shape index (κ3) is 5.28. The number of nitrogens with one attached hydrogen (secondary N) is 1. The van der Waals surface area contributed by atoms with Crippen LogP contribution in [0, 0.1) is 5.92 Å². The first kappa shape index (κ1) is 23.4. The van der Waals surface area contributed by atoms with Gasteiger partial charge in [-0.05, 0) is 61.9 Å². The molecule has 4 rings (SSSR count). The summed E-state index contributed by atoms with van der Waals surface area (Å²) in [4.78, 5) is 27.1. The maximum atomic E-state index is 13.4. The van der Waals surface area contributed by atoms with E-state index in [2.05, 4.69) is 5.32 Å². The molecular formula is C25H31N3O4S. The third-order valence-corrected chi connectivity index (χ3v) is 8.34. The average Bonchev–Trinajstić information content (AvgIpc) is 3.02. The van der Waals surface area contributed by atoms with Crippen LogP contribution in [-0.4, -0.2) is 49.1 Å². The fraction of sp³-hybridized carbons (Fsp3) is 0.440. The summed E-state index contributed by atoms with van der Waals surface area (Å²) in [7, 11) is -3.73. The van der Waals surface area contributed by atoms with E-state index >= 15 is 0 Å². The number of aryl methyl sites for hydroxylation is 1. The Bertz CT molecular complexity index is 1120. The summed E-state index contributed by atoms with van der Waals surface area (Å²) in [5, 5.41) is 2.84. The van der Waals surface area contributed by atoms with Crippen molar-refractivity contribution in [2.75, 3.05) is 25.0 Å². The summed E-state index contributed by atoms with van der Waals surface area (Å²) in [6.45, 7) is 3.65. The van der Waals surface area contributed by atoms with Crippen LogP contribution in [-0.2, 0) is 32.6 Å². The molecule has 1 fully saturated rings. The minimum absolute atomic E-state index is 0.00546. The molecule has 2 aliphatic rings. The van der Waals surface area contributed by atoms with Crippen LogP contribution in [0.1, 0.15) is 43.7 Å². The lowest BCUT2D eigenvalue weighted by atomic mass is 9.98. The van der Waals surface area contributed by atoms with Gasteiger partial charge in [-0.1, -0.05) is 30.3 Å². The normalized spacial score (nSPS) is 19.3. The summed E-state index contributed by atoms with van der Waals surface area (Å²) >= 11 is 0. The molecule has 2 aromatic carbocycles. The van der Waals surface area contributed by atoms with Gasteiger partial charge in [0, 0.05) is 38.3 Å².